The van der Waals surface area contributed by atoms with Crippen molar-refractivity contribution in [2.45, 2.75) is 13.2 Å². The molecule has 4 aromatic rings. The minimum absolute atomic E-state index is 0.128. The monoisotopic (exact) mass is 310 g/mol. The van der Waals surface area contributed by atoms with Crippen molar-refractivity contribution < 1.29 is 14.6 Å². The number of rotatable bonds is 4. The van der Waals surface area contributed by atoms with Crippen molar-refractivity contribution in [1.29, 1.82) is 0 Å². The van der Waals surface area contributed by atoms with E-state index in [-0.39, 0.29) is 13.2 Å². The maximum Gasteiger partial charge on any atom is 0.180 e. The zero-order valence-corrected chi connectivity index (χ0v) is 12.1. The van der Waals surface area contributed by atoms with E-state index in [1.165, 1.54) is 0 Å². The van der Waals surface area contributed by atoms with Crippen LogP contribution in [-0.2, 0) is 13.2 Å². The Labute approximate surface area is 130 Å². The summed E-state index contributed by atoms with van der Waals surface area (Å²) in [5, 5.41) is 18.3. The minimum Gasteiger partial charge on any atom is -0.455 e. The van der Waals surface area contributed by atoms with Crippen LogP contribution in [0.15, 0.2) is 47.1 Å². The normalized spacial score (nSPS) is 11.4. The van der Waals surface area contributed by atoms with Crippen LogP contribution in [0.25, 0.3) is 28.3 Å². The lowest BCUT2D eigenvalue weighted by molar-refractivity contribution is 0.248. The summed E-state index contributed by atoms with van der Waals surface area (Å²) < 4.78 is 7.45. The Morgan fingerprint density at radius 1 is 1.13 bits per heavy atom. The summed E-state index contributed by atoms with van der Waals surface area (Å²) in [5.74, 6) is 2.25. The molecular formula is C16H14N4O3. The number of imidazole rings is 2. The van der Waals surface area contributed by atoms with Gasteiger partial charge in [-0.3, -0.25) is 4.57 Å². The SMILES string of the molecule is OCc1nc2ccc(-n3ccnc3-c3ccc(CO)o3)cc2[nH]1. The van der Waals surface area contributed by atoms with E-state index >= 15 is 0 Å². The molecule has 0 unspecified atom stereocenters. The van der Waals surface area contributed by atoms with Crippen LogP contribution in [0.1, 0.15) is 11.6 Å². The molecule has 0 aliphatic rings. The molecule has 0 atom stereocenters. The molecule has 0 aliphatic carbocycles. The van der Waals surface area contributed by atoms with Crippen LogP contribution < -0.4 is 0 Å². The van der Waals surface area contributed by atoms with Crippen molar-refractivity contribution in [2.24, 2.45) is 0 Å². The van der Waals surface area contributed by atoms with Gasteiger partial charge >= 0.3 is 0 Å². The first-order chi connectivity index (χ1) is 11.3. The topological polar surface area (TPSA) is 100 Å². The number of nitrogens with one attached hydrogen (secondary N) is 1. The molecule has 0 saturated heterocycles. The molecule has 116 valence electrons. The number of hydrogen-bond donors (Lipinski definition) is 3. The van der Waals surface area contributed by atoms with Crippen molar-refractivity contribution >= 4 is 11.0 Å². The Morgan fingerprint density at radius 2 is 2.04 bits per heavy atom. The fourth-order valence-electron chi connectivity index (χ4n) is 2.55. The van der Waals surface area contributed by atoms with Gasteiger partial charge in [0.1, 0.15) is 24.8 Å². The maximum absolute atomic E-state index is 9.17. The van der Waals surface area contributed by atoms with Gasteiger partial charge in [0.25, 0.3) is 0 Å². The average molecular weight is 310 g/mol. The number of benzene rings is 1. The van der Waals surface area contributed by atoms with Gasteiger partial charge in [0.2, 0.25) is 0 Å². The number of furan rings is 1. The molecule has 0 bridgehead atoms. The number of aliphatic hydroxyl groups excluding tert-OH is 2. The van der Waals surface area contributed by atoms with Gasteiger partial charge < -0.3 is 19.6 Å². The number of hydrogen-bond acceptors (Lipinski definition) is 5. The second-order valence-electron chi connectivity index (χ2n) is 5.09. The standard InChI is InChI=1S/C16H14N4O3/c21-8-11-2-4-14(23-11)16-17-5-6-20(16)10-1-3-12-13(7-10)19-15(9-22)18-12/h1-7,21-22H,8-9H2,(H,18,19). The molecule has 0 aliphatic heterocycles. The highest BCUT2D eigenvalue weighted by Gasteiger charge is 2.13. The average Bonchev–Trinajstić information content (AvgIpc) is 3.30. The van der Waals surface area contributed by atoms with Crippen LogP contribution in [0.2, 0.25) is 0 Å². The van der Waals surface area contributed by atoms with Gasteiger partial charge in [-0.15, -0.1) is 0 Å². The molecule has 1 aromatic carbocycles. The molecule has 0 saturated carbocycles. The number of H-pyrrole nitrogens is 1. The highest BCUT2D eigenvalue weighted by molar-refractivity contribution is 5.78. The lowest BCUT2D eigenvalue weighted by atomic mass is 10.2. The van der Waals surface area contributed by atoms with Crippen molar-refractivity contribution in [1.82, 2.24) is 19.5 Å². The fourth-order valence-corrected chi connectivity index (χ4v) is 2.55. The Bertz CT molecular complexity index is 967. The third kappa shape index (κ3) is 2.32. The first-order valence-electron chi connectivity index (χ1n) is 7.11. The third-order valence-corrected chi connectivity index (χ3v) is 3.62. The van der Waals surface area contributed by atoms with Crippen molar-refractivity contribution in [3.8, 4) is 17.3 Å². The molecule has 3 heterocycles. The first kappa shape index (κ1) is 13.7. The van der Waals surface area contributed by atoms with Crippen molar-refractivity contribution in [2.75, 3.05) is 0 Å². The Morgan fingerprint density at radius 3 is 2.83 bits per heavy atom. The smallest absolute Gasteiger partial charge is 0.180 e. The quantitative estimate of drug-likeness (QED) is 0.535. The number of fused-ring (bicyclic) bond motifs is 1. The molecule has 7 heteroatoms. The van der Waals surface area contributed by atoms with E-state index in [1.54, 1.807) is 18.3 Å². The Balaban J connectivity index is 1.80. The van der Waals surface area contributed by atoms with Gasteiger partial charge in [0, 0.05) is 18.1 Å². The zero-order valence-electron chi connectivity index (χ0n) is 12.1. The van der Waals surface area contributed by atoms with E-state index in [9.17, 15) is 0 Å². The molecule has 0 amide bonds. The Hall–Kier alpha value is -2.90. The lowest BCUT2D eigenvalue weighted by Gasteiger charge is -2.06. The summed E-state index contributed by atoms with van der Waals surface area (Å²) in [6, 6.07) is 9.24. The fraction of sp³-hybridized carbons (Fsp3) is 0.125. The molecule has 0 fully saturated rings. The Kier molecular flexibility index (Phi) is 3.22. The van der Waals surface area contributed by atoms with Gasteiger partial charge in [-0.25, -0.2) is 9.97 Å². The van der Waals surface area contributed by atoms with Gasteiger partial charge in [-0.05, 0) is 30.3 Å². The van der Waals surface area contributed by atoms with E-state index in [2.05, 4.69) is 15.0 Å². The summed E-state index contributed by atoms with van der Waals surface area (Å²) in [5.41, 5.74) is 2.52. The van der Waals surface area contributed by atoms with Crippen LogP contribution in [0.4, 0.5) is 0 Å². The predicted octanol–water partition coefficient (Wildman–Crippen LogP) is 1.99. The summed E-state index contributed by atoms with van der Waals surface area (Å²) >= 11 is 0. The van der Waals surface area contributed by atoms with E-state index in [0.717, 1.165) is 16.7 Å². The molecular weight excluding hydrogens is 296 g/mol. The van der Waals surface area contributed by atoms with Crippen LogP contribution in [0, 0.1) is 0 Å². The summed E-state index contributed by atoms with van der Waals surface area (Å²) in [6.45, 7) is -0.276. The van der Waals surface area contributed by atoms with E-state index in [1.807, 2.05) is 29.0 Å². The zero-order chi connectivity index (χ0) is 15.8. The van der Waals surface area contributed by atoms with Crippen LogP contribution >= 0.6 is 0 Å². The largest absolute Gasteiger partial charge is 0.455 e. The number of nitrogens with zero attached hydrogens (tertiary/aromatic N) is 3. The molecule has 0 spiro atoms. The number of aromatic amines is 1. The first-order valence-corrected chi connectivity index (χ1v) is 7.11. The van der Waals surface area contributed by atoms with Crippen molar-refractivity contribution in [3.63, 3.8) is 0 Å². The third-order valence-electron chi connectivity index (χ3n) is 3.62. The maximum atomic E-state index is 9.17. The molecule has 3 N–H and O–H groups in total. The summed E-state index contributed by atoms with van der Waals surface area (Å²) in [4.78, 5) is 11.7. The number of aromatic nitrogens is 4. The van der Waals surface area contributed by atoms with Crippen LogP contribution in [0.5, 0.6) is 0 Å². The highest BCUT2D eigenvalue weighted by atomic mass is 16.4. The molecule has 0 radical (unpaired) electrons. The highest BCUT2D eigenvalue weighted by Crippen LogP contribution is 2.25. The minimum atomic E-state index is -0.148. The van der Waals surface area contributed by atoms with Crippen LogP contribution in [-0.4, -0.2) is 29.7 Å². The van der Waals surface area contributed by atoms with E-state index < -0.39 is 0 Å². The van der Waals surface area contributed by atoms with E-state index in [4.69, 9.17) is 14.6 Å². The molecule has 23 heavy (non-hydrogen) atoms. The molecule has 3 aromatic heterocycles. The summed E-state index contributed by atoms with van der Waals surface area (Å²) in [6.07, 6.45) is 3.52. The summed E-state index contributed by atoms with van der Waals surface area (Å²) in [7, 11) is 0. The van der Waals surface area contributed by atoms with Gasteiger partial charge in [-0.2, -0.15) is 0 Å². The van der Waals surface area contributed by atoms with Crippen molar-refractivity contribution in [3.05, 3.63) is 54.3 Å². The van der Waals surface area contributed by atoms with E-state index in [0.29, 0.717) is 23.2 Å². The van der Waals surface area contributed by atoms with Gasteiger partial charge in [0.15, 0.2) is 11.6 Å². The van der Waals surface area contributed by atoms with Gasteiger partial charge in [0.05, 0.1) is 11.0 Å². The predicted molar refractivity (Wildman–Crippen MR) is 82.8 cm³/mol. The molecule has 4 rings (SSSR count). The van der Waals surface area contributed by atoms with Gasteiger partial charge in [-0.1, -0.05) is 0 Å². The second kappa shape index (κ2) is 5.38. The number of aliphatic hydroxyl groups is 2. The lowest BCUT2D eigenvalue weighted by Crippen LogP contribution is -1.95. The second-order valence-corrected chi connectivity index (χ2v) is 5.09. The van der Waals surface area contributed by atoms with Crippen LogP contribution in [0.3, 0.4) is 0 Å². The molecule has 7 nitrogen and oxygen atoms in total.